The van der Waals surface area contributed by atoms with Gasteiger partial charge in [0.15, 0.2) is 0 Å². The second kappa shape index (κ2) is 8.97. The van der Waals surface area contributed by atoms with Gasteiger partial charge in [-0.15, -0.1) is 0 Å². The minimum Gasteiger partial charge on any atom is -0.497 e. The van der Waals surface area contributed by atoms with E-state index < -0.39 is 12.0 Å². The van der Waals surface area contributed by atoms with E-state index in [2.05, 4.69) is 10.6 Å². The minimum absolute atomic E-state index is 0.106. The topological polar surface area (TPSA) is 87.7 Å². The van der Waals surface area contributed by atoms with Crippen LogP contribution < -0.4 is 15.4 Å². The number of aliphatic carboxylic acids is 1. The summed E-state index contributed by atoms with van der Waals surface area (Å²) < 4.78 is 5.02. The van der Waals surface area contributed by atoms with Crippen molar-refractivity contribution in [3.63, 3.8) is 0 Å². The fourth-order valence-corrected chi connectivity index (χ4v) is 1.77. The highest BCUT2D eigenvalue weighted by Crippen LogP contribution is 2.15. The van der Waals surface area contributed by atoms with Crippen molar-refractivity contribution in [2.24, 2.45) is 0 Å². The Morgan fingerprint density at radius 2 is 1.95 bits per heavy atom. The number of benzene rings is 1. The Kier molecular flexibility index (Phi) is 7.25. The van der Waals surface area contributed by atoms with E-state index in [0.717, 1.165) is 12.8 Å². The molecule has 0 saturated carbocycles. The van der Waals surface area contributed by atoms with E-state index in [1.165, 1.54) is 0 Å². The van der Waals surface area contributed by atoms with E-state index >= 15 is 0 Å². The van der Waals surface area contributed by atoms with Crippen LogP contribution in [0.15, 0.2) is 24.3 Å². The first-order chi connectivity index (χ1) is 10.1. The van der Waals surface area contributed by atoms with Crippen molar-refractivity contribution in [1.82, 2.24) is 5.32 Å². The van der Waals surface area contributed by atoms with Gasteiger partial charge >= 0.3 is 5.97 Å². The summed E-state index contributed by atoms with van der Waals surface area (Å²) in [6, 6.07) is 6.00. The van der Waals surface area contributed by atoms with E-state index in [4.69, 9.17) is 9.84 Å². The number of anilines is 1. The van der Waals surface area contributed by atoms with Crippen molar-refractivity contribution >= 4 is 17.6 Å². The number of carboxylic acids is 1. The Hall–Kier alpha value is -2.08. The molecule has 0 aliphatic carbocycles. The molecule has 1 amide bonds. The monoisotopic (exact) mass is 294 g/mol. The maximum Gasteiger partial charge on any atom is 0.321 e. The van der Waals surface area contributed by atoms with Crippen molar-refractivity contribution in [2.75, 3.05) is 19.0 Å². The summed E-state index contributed by atoms with van der Waals surface area (Å²) in [5, 5.41) is 14.6. The molecule has 0 spiro atoms. The molecule has 3 N–H and O–H groups in total. The third-order valence-electron chi connectivity index (χ3n) is 2.98. The molecule has 0 fully saturated rings. The maximum absolute atomic E-state index is 11.9. The van der Waals surface area contributed by atoms with E-state index in [0.29, 0.717) is 18.0 Å². The zero-order valence-electron chi connectivity index (χ0n) is 12.4. The summed E-state index contributed by atoms with van der Waals surface area (Å²) in [7, 11) is 1.56. The van der Waals surface area contributed by atoms with Gasteiger partial charge in [0.05, 0.1) is 13.5 Å². The molecule has 0 aliphatic heterocycles. The number of rotatable bonds is 9. The van der Waals surface area contributed by atoms with Gasteiger partial charge < -0.3 is 20.5 Å². The molecule has 1 aromatic carbocycles. The number of hydrogen-bond donors (Lipinski definition) is 3. The highest BCUT2D eigenvalue weighted by molar-refractivity contribution is 5.94. The Morgan fingerprint density at radius 3 is 2.48 bits per heavy atom. The molecule has 1 atom stereocenters. The average molecular weight is 294 g/mol. The molecule has 1 rings (SSSR count). The molecule has 21 heavy (non-hydrogen) atoms. The molecular weight excluding hydrogens is 272 g/mol. The predicted molar refractivity (Wildman–Crippen MR) is 80.6 cm³/mol. The van der Waals surface area contributed by atoms with Gasteiger partial charge in [0.25, 0.3) is 0 Å². The Balaban J connectivity index is 2.50. The lowest BCUT2D eigenvalue weighted by atomic mass is 10.2. The van der Waals surface area contributed by atoms with Crippen LogP contribution in [0, 0.1) is 0 Å². The molecule has 6 heteroatoms. The van der Waals surface area contributed by atoms with Crippen LogP contribution in [-0.2, 0) is 9.59 Å². The quantitative estimate of drug-likeness (QED) is 0.605. The van der Waals surface area contributed by atoms with Crippen LogP contribution in [0.1, 0.15) is 26.2 Å². The zero-order valence-corrected chi connectivity index (χ0v) is 12.4. The Labute approximate surface area is 124 Å². The molecule has 0 saturated heterocycles. The SMILES string of the molecule is CCCCNC(CC(=O)Nc1ccc(OC)cc1)C(=O)O. The summed E-state index contributed by atoms with van der Waals surface area (Å²) >= 11 is 0. The van der Waals surface area contributed by atoms with E-state index in [1.54, 1.807) is 31.4 Å². The summed E-state index contributed by atoms with van der Waals surface area (Å²) in [5.41, 5.74) is 0.610. The normalized spacial score (nSPS) is 11.7. The number of nitrogens with one attached hydrogen (secondary N) is 2. The standard InChI is InChI=1S/C15H22N2O4/c1-3-4-9-16-13(15(19)20)10-14(18)17-11-5-7-12(21-2)8-6-11/h5-8,13,16H,3-4,9-10H2,1-2H3,(H,17,18)(H,19,20). The van der Waals surface area contributed by atoms with Crippen molar-refractivity contribution in [3.05, 3.63) is 24.3 Å². The molecule has 1 unspecified atom stereocenters. The Morgan fingerprint density at radius 1 is 1.29 bits per heavy atom. The highest BCUT2D eigenvalue weighted by Gasteiger charge is 2.20. The van der Waals surface area contributed by atoms with Crippen molar-refractivity contribution in [1.29, 1.82) is 0 Å². The van der Waals surface area contributed by atoms with Crippen molar-refractivity contribution in [3.8, 4) is 5.75 Å². The van der Waals surface area contributed by atoms with Crippen molar-refractivity contribution in [2.45, 2.75) is 32.2 Å². The van der Waals surface area contributed by atoms with Gasteiger partial charge in [0.1, 0.15) is 11.8 Å². The minimum atomic E-state index is -1.02. The Bertz CT molecular complexity index is 459. The third kappa shape index (κ3) is 6.27. The lowest BCUT2D eigenvalue weighted by Gasteiger charge is -2.14. The summed E-state index contributed by atoms with van der Waals surface area (Å²) in [6.07, 6.45) is 1.74. The first kappa shape index (κ1) is 17.0. The summed E-state index contributed by atoms with van der Waals surface area (Å²) in [5.74, 6) is -0.662. The number of carboxylic acid groups (broad SMARTS) is 1. The number of carbonyl (C=O) groups excluding carboxylic acids is 1. The predicted octanol–water partition coefficient (Wildman–Crippen LogP) is 1.87. The fraction of sp³-hybridized carbons (Fsp3) is 0.467. The summed E-state index contributed by atoms with van der Waals surface area (Å²) in [6.45, 7) is 2.61. The molecule has 0 aromatic heterocycles. The number of unbranched alkanes of at least 4 members (excludes halogenated alkanes) is 1. The first-order valence-electron chi connectivity index (χ1n) is 6.97. The van der Waals surface area contributed by atoms with Crippen LogP contribution in [0.3, 0.4) is 0 Å². The van der Waals surface area contributed by atoms with Gasteiger partial charge in [-0.25, -0.2) is 0 Å². The summed E-state index contributed by atoms with van der Waals surface area (Å²) in [4.78, 5) is 23.0. The number of ether oxygens (including phenoxy) is 1. The van der Waals surface area contributed by atoms with E-state index in [-0.39, 0.29) is 12.3 Å². The lowest BCUT2D eigenvalue weighted by molar-refractivity contribution is -0.141. The number of methoxy groups -OCH3 is 1. The number of hydrogen-bond acceptors (Lipinski definition) is 4. The number of amides is 1. The molecule has 116 valence electrons. The molecule has 6 nitrogen and oxygen atoms in total. The average Bonchev–Trinajstić information content (AvgIpc) is 2.47. The van der Waals surface area contributed by atoms with Crippen LogP contribution in [0.5, 0.6) is 5.75 Å². The van der Waals surface area contributed by atoms with Crippen molar-refractivity contribution < 1.29 is 19.4 Å². The fourth-order valence-electron chi connectivity index (χ4n) is 1.77. The second-order valence-corrected chi connectivity index (χ2v) is 4.68. The van der Waals surface area contributed by atoms with E-state index in [9.17, 15) is 9.59 Å². The van der Waals surface area contributed by atoms with Gasteiger partial charge in [0, 0.05) is 5.69 Å². The van der Waals surface area contributed by atoms with Gasteiger partial charge in [-0.2, -0.15) is 0 Å². The smallest absolute Gasteiger partial charge is 0.321 e. The third-order valence-corrected chi connectivity index (χ3v) is 2.98. The van der Waals surface area contributed by atoms with Crippen LogP contribution in [0.25, 0.3) is 0 Å². The molecule has 0 bridgehead atoms. The van der Waals surface area contributed by atoms with Gasteiger partial charge in [-0.05, 0) is 37.2 Å². The van der Waals surface area contributed by atoms with Crippen LogP contribution in [-0.4, -0.2) is 36.7 Å². The first-order valence-corrected chi connectivity index (χ1v) is 6.97. The lowest BCUT2D eigenvalue weighted by Crippen LogP contribution is -2.40. The molecule has 0 radical (unpaired) electrons. The molecule has 0 heterocycles. The van der Waals surface area contributed by atoms with Crippen LogP contribution in [0.2, 0.25) is 0 Å². The zero-order chi connectivity index (χ0) is 15.7. The van der Waals surface area contributed by atoms with Gasteiger partial charge in [-0.1, -0.05) is 13.3 Å². The highest BCUT2D eigenvalue weighted by atomic mass is 16.5. The van der Waals surface area contributed by atoms with Crippen LogP contribution >= 0.6 is 0 Å². The molecule has 0 aliphatic rings. The van der Waals surface area contributed by atoms with Crippen LogP contribution in [0.4, 0.5) is 5.69 Å². The second-order valence-electron chi connectivity index (χ2n) is 4.68. The van der Waals surface area contributed by atoms with Gasteiger partial charge in [0.2, 0.25) is 5.91 Å². The van der Waals surface area contributed by atoms with E-state index in [1.807, 2.05) is 6.92 Å². The molecule has 1 aromatic rings. The molecular formula is C15H22N2O4. The maximum atomic E-state index is 11.9. The number of carbonyl (C=O) groups is 2. The van der Waals surface area contributed by atoms with Gasteiger partial charge in [-0.3, -0.25) is 9.59 Å². The largest absolute Gasteiger partial charge is 0.497 e.